The highest BCUT2D eigenvalue weighted by Gasteiger charge is 1.99. The summed E-state index contributed by atoms with van der Waals surface area (Å²) in [6, 6.07) is 0. The van der Waals surface area contributed by atoms with Gasteiger partial charge in [0.05, 0.1) is 0 Å². The average Bonchev–Trinajstić information content (AvgIpc) is 2.10. The third kappa shape index (κ3) is 9.90. The van der Waals surface area contributed by atoms with Crippen molar-refractivity contribution in [1.29, 1.82) is 0 Å². The van der Waals surface area contributed by atoms with E-state index in [9.17, 15) is 4.79 Å². The van der Waals surface area contributed by atoms with E-state index in [-0.39, 0.29) is 11.7 Å². The lowest BCUT2D eigenvalue weighted by Crippen LogP contribution is -1.98. The van der Waals surface area contributed by atoms with E-state index in [0.717, 1.165) is 18.1 Å². The van der Waals surface area contributed by atoms with Crippen molar-refractivity contribution in [3.8, 4) is 0 Å². The highest BCUT2D eigenvalue weighted by Crippen LogP contribution is 2.11. The van der Waals surface area contributed by atoms with E-state index >= 15 is 0 Å². The Morgan fingerprint density at radius 3 is 2.54 bits per heavy atom. The molecule has 3 heteroatoms. The first kappa shape index (κ1) is 13.0. The van der Waals surface area contributed by atoms with E-state index in [1.54, 1.807) is 0 Å². The summed E-state index contributed by atoms with van der Waals surface area (Å²) in [6.07, 6.45) is 4.82. The maximum Gasteiger partial charge on any atom is 0.214 e. The summed E-state index contributed by atoms with van der Waals surface area (Å²) in [5.41, 5.74) is 0. The van der Waals surface area contributed by atoms with Crippen LogP contribution in [0.5, 0.6) is 0 Å². The Labute approximate surface area is 85.1 Å². The van der Waals surface area contributed by atoms with Gasteiger partial charge >= 0.3 is 0 Å². The number of aliphatic hydroxyl groups is 1. The number of unbranched alkanes of at least 4 members (excludes halogenated alkanes) is 2. The monoisotopic (exact) mass is 204 g/mol. The first-order valence-electron chi connectivity index (χ1n) is 4.93. The van der Waals surface area contributed by atoms with Crippen molar-refractivity contribution in [2.24, 2.45) is 5.92 Å². The maximum atomic E-state index is 10.7. The van der Waals surface area contributed by atoms with Gasteiger partial charge in [-0.3, -0.25) is 4.79 Å². The number of hydrogen-bond acceptors (Lipinski definition) is 3. The predicted octanol–water partition coefficient (Wildman–Crippen LogP) is 2.45. The molecule has 13 heavy (non-hydrogen) atoms. The van der Waals surface area contributed by atoms with E-state index in [2.05, 4.69) is 13.8 Å². The second-order valence-corrected chi connectivity index (χ2v) is 4.77. The van der Waals surface area contributed by atoms with Crippen LogP contribution in [0.3, 0.4) is 0 Å². The number of aliphatic hydroxyl groups excluding tert-OH is 1. The van der Waals surface area contributed by atoms with Crippen LogP contribution in [0.1, 0.15) is 39.5 Å². The summed E-state index contributed by atoms with van der Waals surface area (Å²) in [5, 5.41) is 8.33. The molecule has 0 atom stereocenters. The zero-order chi connectivity index (χ0) is 10.1. The van der Waals surface area contributed by atoms with Crippen LogP contribution in [0, 0.1) is 5.92 Å². The van der Waals surface area contributed by atoms with Crippen molar-refractivity contribution in [2.45, 2.75) is 39.5 Å². The Bertz CT molecular complexity index is 135. The van der Waals surface area contributed by atoms with Gasteiger partial charge in [0.2, 0.25) is 5.12 Å². The van der Waals surface area contributed by atoms with E-state index in [1.807, 2.05) is 0 Å². The number of carbonyl (C=O) groups excluding carboxylic acids is 1. The Morgan fingerprint density at radius 2 is 2.00 bits per heavy atom. The van der Waals surface area contributed by atoms with Crippen molar-refractivity contribution >= 4 is 16.9 Å². The summed E-state index contributed by atoms with van der Waals surface area (Å²) < 4.78 is 0. The summed E-state index contributed by atoms with van der Waals surface area (Å²) >= 11 is 1.25. The molecule has 0 amide bonds. The number of rotatable bonds is 7. The molecule has 0 aromatic heterocycles. The van der Waals surface area contributed by atoms with Crippen LogP contribution in [0.4, 0.5) is 0 Å². The van der Waals surface area contributed by atoms with Gasteiger partial charge in [0, 0.05) is 5.75 Å². The zero-order valence-electron chi connectivity index (χ0n) is 8.58. The zero-order valence-corrected chi connectivity index (χ0v) is 9.40. The average molecular weight is 204 g/mol. The highest BCUT2D eigenvalue weighted by molar-refractivity contribution is 8.13. The molecule has 0 saturated heterocycles. The Morgan fingerprint density at radius 1 is 1.31 bits per heavy atom. The molecule has 0 aliphatic carbocycles. The van der Waals surface area contributed by atoms with Gasteiger partial charge in [-0.25, -0.2) is 0 Å². The van der Waals surface area contributed by atoms with Crippen LogP contribution in [0.15, 0.2) is 0 Å². The number of hydrogen-bond donors (Lipinski definition) is 1. The molecular formula is C10H20O2S. The van der Waals surface area contributed by atoms with Crippen LogP contribution in [-0.2, 0) is 4.79 Å². The summed E-state index contributed by atoms with van der Waals surface area (Å²) in [7, 11) is 0. The first-order chi connectivity index (χ1) is 6.16. The van der Waals surface area contributed by atoms with E-state index in [4.69, 9.17) is 5.11 Å². The molecule has 78 valence electrons. The quantitative estimate of drug-likeness (QED) is 0.647. The smallest absolute Gasteiger partial charge is 0.214 e. The fourth-order valence-corrected chi connectivity index (χ4v) is 1.73. The molecule has 0 bridgehead atoms. The largest absolute Gasteiger partial charge is 0.388 e. The number of thioether (sulfide) groups is 1. The molecule has 0 spiro atoms. The van der Waals surface area contributed by atoms with E-state index < -0.39 is 0 Å². The molecule has 0 fully saturated rings. The first-order valence-corrected chi connectivity index (χ1v) is 5.92. The predicted molar refractivity (Wildman–Crippen MR) is 57.9 cm³/mol. The molecule has 2 nitrogen and oxygen atoms in total. The summed E-state index contributed by atoms with van der Waals surface area (Å²) in [4.78, 5) is 10.7. The third-order valence-electron chi connectivity index (χ3n) is 1.82. The van der Waals surface area contributed by atoms with Crippen LogP contribution < -0.4 is 0 Å². The highest BCUT2D eigenvalue weighted by atomic mass is 32.2. The third-order valence-corrected chi connectivity index (χ3v) is 2.76. The van der Waals surface area contributed by atoms with Crippen molar-refractivity contribution in [3.05, 3.63) is 0 Å². The van der Waals surface area contributed by atoms with Crippen LogP contribution in [0.25, 0.3) is 0 Å². The van der Waals surface area contributed by atoms with Crippen molar-refractivity contribution in [1.82, 2.24) is 0 Å². The van der Waals surface area contributed by atoms with Crippen LogP contribution >= 0.6 is 11.8 Å². The normalized spacial score (nSPS) is 10.8. The second kappa shape index (κ2) is 8.57. The SMILES string of the molecule is CC(C)CCCCCSC(=O)CO. The van der Waals surface area contributed by atoms with Gasteiger partial charge in [-0.1, -0.05) is 44.9 Å². The van der Waals surface area contributed by atoms with Gasteiger partial charge in [0.15, 0.2) is 0 Å². The van der Waals surface area contributed by atoms with Gasteiger partial charge < -0.3 is 5.11 Å². The lowest BCUT2D eigenvalue weighted by atomic mass is 10.1. The second-order valence-electron chi connectivity index (χ2n) is 3.62. The van der Waals surface area contributed by atoms with Gasteiger partial charge in [-0.05, 0) is 12.3 Å². The molecule has 0 aliphatic rings. The number of carbonyl (C=O) groups is 1. The Balaban J connectivity index is 3.04. The maximum absolute atomic E-state index is 10.7. The van der Waals surface area contributed by atoms with E-state index in [1.165, 1.54) is 31.0 Å². The van der Waals surface area contributed by atoms with E-state index in [0.29, 0.717) is 0 Å². The standard InChI is InChI=1S/C10H20O2S/c1-9(2)6-4-3-5-7-13-10(12)8-11/h9,11H,3-8H2,1-2H3. The lowest BCUT2D eigenvalue weighted by Gasteiger charge is -2.03. The molecular weight excluding hydrogens is 184 g/mol. The fraction of sp³-hybridized carbons (Fsp3) is 0.900. The van der Waals surface area contributed by atoms with Crippen LogP contribution in [-0.4, -0.2) is 22.6 Å². The van der Waals surface area contributed by atoms with Gasteiger partial charge in [0.1, 0.15) is 6.61 Å². The fourth-order valence-electron chi connectivity index (χ4n) is 1.06. The molecule has 1 N–H and O–H groups in total. The minimum absolute atomic E-state index is 0.108. The van der Waals surface area contributed by atoms with Crippen LogP contribution in [0.2, 0.25) is 0 Å². The summed E-state index contributed by atoms with van der Waals surface area (Å²) in [5.74, 6) is 1.64. The molecule has 0 heterocycles. The lowest BCUT2D eigenvalue weighted by molar-refractivity contribution is -0.113. The molecule has 0 aliphatic heterocycles. The molecule has 0 unspecified atom stereocenters. The minimum Gasteiger partial charge on any atom is -0.388 e. The van der Waals surface area contributed by atoms with Gasteiger partial charge in [-0.15, -0.1) is 0 Å². The van der Waals surface area contributed by atoms with Gasteiger partial charge in [0.25, 0.3) is 0 Å². The van der Waals surface area contributed by atoms with Crippen molar-refractivity contribution in [2.75, 3.05) is 12.4 Å². The van der Waals surface area contributed by atoms with Crippen molar-refractivity contribution < 1.29 is 9.90 Å². The summed E-state index contributed by atoms with van der Waals surface area (Å²) in [6.45, 7) is 4.13. The van der Waals surface area contributed by atoms with Gasteiger partial charge in [-0.2, -0.15) is 0 Å². The Kier molecular flexibility index (Phi) is 8.56. The topological polar surface area (TPSA) is 37.3 Å². The minimum atomic E-state index is -0.323. The molecule has 0 saturated carbocycles. The molecule has 0 rings (SSSR count). The molecule has 0 aromatic carbocycles. The molecule has 0 radical (unpaired) electrons. The Hall–Kier alpha value is -0.0200. The van der Waals surface area contributed by atoms with Crippen molar-refractivity contribution in [3.63, 3.8) is 0 Å². The molecule has 0 aromatic rings.